The topological polar surface area (TPSA) is 229 Å². The van der Waals surface area contributed by atoms with Crippen molar-refractivity contribution in [1.29, 1.82) is 0 Å². The number of carbonyl (C=O) groups is 4. The molecule has 4 aromatic carbocycles. The first-order valence-corrected chi connectivity index (χ1v) is 41.7. The molecule has 17 nitrogen and oxygen atoms in total. The number of carbonyl (C=O) groups excluding carboxylic acids is 4. The van der Waals surface area contributed by atoms with Crippen molar-refractivity contribution in [2.24, 2.45) is 0 Å². The molecule has 104 heavy (non-hydrogen) atoms. The summed E-state index contributed by atoms with van der Waals surface area (Å²) in [6.45, 7) is 13.6. The van der Waals surface area contributed by atoms with E-state index in [4.69, 9.17) is 28.0 Å². The Morgan fingerprint density at radius 3 is 1.58 bits per heavy atom. The van der Waals surface area contributed by atoms with E-state index in [-0.39, 0.29) is 74.7 Å². The van der Waals surface area contributed by atoms with Gasteiger partial charge in [0, 0.05) is 73.8 Å². The Kier molecular flexibility index (Phi) is 43.0. The standard InChI is InChI=1S/C86H133N4O12P.H3N/c1-8-10-12-14-16-18-20-22-24-26-28-30-32-34-41-55-80(92)99-68-72(102-81(93)56-42-35-33-31-29-27-25-23-21-19-17-15-13-11-9-2)69-101-103(95,96)100-65-62-88-84(94)98-67-66-97-64-61-87-79(91)54-40-37-47-63-90-76-60-58-71-49-44-46-51-74(71)83(76)86(5,6)78(90)53-39-36-38-52-77-85(3,4)82-73-50-45-43-48-70(73)57-59-75(82)89(77)7;/h36,38-39,43-46,48-53,57-60,72,77H,8-35,37,40-42,47,54-56,61-69H2,1-7H3,(H,87,91)(H,88,94)(H,95,96);1H3/p-1/b39-36+,52-38+,78-53+;/t72-,77?;/m1./s1. The van der Waals surface area contributed by atoms with Crippen molar-refractivity contribution in [3.8, 4) is 0 Å². The smallest absolute Gasteiger partial charge is 0.407 e. The van der Waals surface area contributed by atoms with Gasteiger partial charge in [0.05, 0.1) is 32.5 Å². The molecule has 582 valence electrons. The van der Waals surface area contributed by atoms with Crippen LogP contribution >= 0.6 is 7.82 Å². The van der Waals surface area contributed by atoms with Crippen LogP contribution in [0.25, 0.3) is 21.5 Å². The molecule has 0 spiro atoms. The summed E-state index contributed by atoms with van der Waals surface area (Å²) in [4.78, 5) is 68.7. The first kappa shape index (κ1) is 88.6. The van der Waals surface area contributed by atoms with E-state index in [1.165, 1.54) is 191 Å². The highest BCUT2D eigenvalue weighted by Crippen LogP contribution is 2.51. The van der Waals surface area contributed by atoms with E-state index in [1.807, 2.05) is 0 Å². The fraction of sp³-hybridized carbons (Fsp3) is 0.651. The SMILES string of the molecule is CCCCCCCCCCCCCCCCCC(=O)OC[C@H](COP(=O)([O-])OCCNC(=O)OCCOCCNC(=O)CCCCCN1/C(=C/C=C/C=C/C2N(C)c3ccc4ccccc4c3C2(C)C)C(C)(C)c2c1ccc1ccccc21)OC(=O)CCCCCCCCCCCCCCCCC.N. The number of nitrogens with zero attached hydrogens (tertiary/aromatic N) is 2. The number of likely N-dealkylation sites (N-methyl/N-ethyl adjacent to an activating group) is 1. The monoisotopic (exact) mass is 1460 g/mol. The molecule has 0 saturated heterocycles. The first-order valence-electron chi connectivity index (χ1n) is 40.3. The highest BCUT2D eigenvalue weighted by atomic mass is 31.2. The number of nitrogens with one attached hydrogen (secondary N) is 2. The molecule has 2 amide bonds. The molecule has 2 heterocycles. The van der Waals surface area contributed by atoms with Gasteiger partial charge in [-0.15, -0.1) is 0 Å². The second-order valence-corrected chi connectivity index (χ2v) is 31.3. The Hall–Kier alpha value is -6.07. The van der Waals surface area contributed by atoms with Gasteiger partial charge in [0.25, 0.3) is 7.82 Å². The van der Waals surface area contributed by atoms with Crippen LogP contribution in [0, 0.1) is 0 Å². The molecule has 5 N–H and O–H groups in total. The number of benzene rings is 4. The zero-order chi connectivity index (χ0) is 73.8. The molecule has 3 atom stereocenters. The summed E-state index contributed by atoms with van der Waals surface area (Å²) < 4.78 is 44.8. The van der Waals surface area contributed by atoms with E-state index in [2.05, 4.69) is 172 Å². The molecule has 2 aliphatic rings. The van der Waals surface area contributed by atoms with Crippen LogP contribution in [0.5, 0.6) is 0 Å². The minimum absolute atomic E-state index is 0. The molecule has 2 unspecified atom stereocenters. The molecule has 4 aromatic rings. The minimum atomic E-state index is -4.93. The molecule has 0 aromatic heterocycles. The predicted octanol–water partition coefficient (Wildman–Crippen LogP) is 20.9. The maximum absolute atomic E-state index is 13.0. The molecule has 0 fully saturated rings. The van der Waals surface area contributed by atoms with Gasteiger partial charge in [-0.1, -0.05) is 313 Å². The maximum atomic E-state index is 13.0. The largest absolute Gasteiger partial charge is 0.756 e. The van der Waals surface area contributed by atoms with E-state index in [9.17, 15) is 28.6 Å². The number of allylic oxidation sites excluding steroid dienone is 5. The summed E-state index contributed by atoms with van der Waals surface area (Å²) in [7, 11) is -2.73. The summed E-state index contributed by atoms with van der Waals surface area (Å²) in [5, 5.41) is 10.4. The first-order chi connectivity index (χ1) is 50.0. The Bertz CT molecular complexity index is 3260. The van der Waals surface area contributed by atoms with Gasteiger partial charge in [-0.05, 0) is 76.6 Å². The third-order valence-electron chi connectivity index (χ3n) is 20.7. The third kappa shape index (κ3) is 31.8. The number of phosphoric ester groups is 1. The lowest BCUT2D eigenvalue weighted by Crippen LogP contribution is -2.37. The molecule has 18 heteroatoms. The number of amides is 2. The zero-order valence-electron chi connectivity index (χ0n) is 65.2. The third-order valence-corrected chi connectivity index (χ3v) is 21.6. The number of phosphoric acid groups is 1. The van der Waals surface area contributed by atoms with Crippen molar-refractivity contribution >= 4 is 64.7 Å². The summed E-state index contributed by atoms with van der Waals surface area (Å²) in [6.07, 6.45) is 48.7. The van der Waals surface area contributed by atoms with Gasteiger partial charge in [0.15, 0.2) is 6.10 Å². The lowest BCUT2D eigenvalue weighted by molar-refractivity contribution is -0.228. The Morgan fingerprint density at radius 2 is 1.01 bits per heavy atom. The van der Waals surface area contributed by atoms with E-state index in [1.54, 1.807) is 0 Å². The highest BCUT2D eigenvalue weighted by Gasteiger charge is 2.43. The molecule has 0 bridgehead atoms. The second-order valence-electron chi connectivity index (χ2n) is 29.8. The van der Waals surface area contributed by atoms with Crippen LogP contribution in [0.15, 0.2) is 109 Å². The predicted molar refractivity (Wildman–Crippen MR) is 426 cm³/mol. The van der Waals surface area contributed by atoms with Gasteiger partial charge >= 0.3 is 18.0 Å². The summed E-state index contributed by atoms with van der Waals surface area (Å²) in [6, 6.07) is 26.5. The van der Waals surface area contributed by atoms with Crippen LogP contribution < -0.4 is 31.5 Å². The molecule has 2 aliphatic heterocycles. The van der Waals surface area contributed by atoms with Crippen molar-refractivity contribution in [2.45, 2.75) is 296 Å². The van der Waals surface area contributed by atoms with Crippen LogP contribution in [0.1, 0.15) is 284 Å². The van der Waals surface area contributed by atoms with E-state index < -0.39 is 45.2 Å². The van der Waals surface area contributed by atoms with E-state index in [0.717, 1.165) is 64.3 Å². The van der Waals surface area contributed by atoms with Crippen LogP contribution in [-0.2, 0) is 57.8 Å². The van der Waals surface area contributed by atoms with Gasteiger partial charge in [0.2, 0.25) is 5.91 Å². The van der Waals surface area contributed by atoms with Crippen molar-refractivity contribution in [3.63, 3.8) is 0 Å². The average molecular weight is 1460 g/mol. The highest BCUT2D eigenvalue weighted by molar-refractivity contribution is 7.45. The molecule has 6 rings (SSSR count). The van der Waals surface area contributed by atoms with Crippen molar-refractivity contribution < 1.29 is 56.6 Å². The fourth-order valence-corrected chi connectivity index (χ4v) is 15.6. The van der Waals surface area contributed by atoms with Crippen molar-refractivity contribution in [1.82, 2.24) is 16.8 Å². The van der Waals surface area contributed by atoms with Gasteiger partial charge in [0.1, 0.15) is 13.2 Å². The molecular weight excluding hydrogens is 1330 g/mol. The van der Waals surface area contributed by atoms with E-state index >= 15 is 0 Å². The number of unbranched alkanes of at least 4 members (excludes halogenated alkanes) is 30. The average Bonchev–Trinajstić information content (AvgIpc) is 1.58. The molecule has 0 saturated carbocycles. The number of hydrogen-bond donors (Lipinski definition) is 3. The van der Waals surface area contributed by atoms with E-state index in [0.29, 0.717) is 25.8 Å². The van der Waals surface area contributed by atoms with Gasteiger partial charge in [-0.25, -0.2) is 4.79 Å². The second kappa shape index (κ2) is 50.5. The van der Waals surface area contributed by atoms with Gasteiger partial charge in [-0.3, -0.25) is 18.9 Å². The quantitative estimate of drug-likeness (QED) is 0.0123. The number of rotatable bonds is 57. The normalized spacial score (nSPS) is 15.7. The van der Waals surface area contributed by atoms with Gasteiger partial charge in [-0.2, -0.15) is 0 Å². The van der Waals surface area contributed by atoms with Crippen molar-refractivity contribution in [2.75, 3.05) is 76.1 Å². The number of ether oxygens (including phenoxy) is 4. The number of anilines is 2. The Morgan fingerprint density at radius 1 is 0.519 bits per heavy atom. The number of fused-ring (bicyclic) bond motifs is 6. The summed E-state index contributed by atoms with van der Waals surface area (Å²) in [5.74, 6) is -1.02. The van der Waals surface area contributed by atoms with Crippen molar-refractivity contribution in [3.05, 3.63) is 120 Å². The maximum Gasteiger partial charge on any atom is 0.407 e. The lowest BCUT2D eigenvalue weighted by Gasteiger charge is -2.30. The van der Waals surface area contributed by atoms with Crippen LogP contribution in [0.3, 0.4) is 0 Å². The van der Waals surface area contributed by atoms with Crippen LogP contribution in [-0.4, -0.2) is 102 Å². The molecule has 0 radical (unpaired) electrons. The molecular formula is C86H135N5O12P-. The number of alkyl carbamates (subject to hydrolysis) is 1. The Balaban J connectivity index is 0.0000194. The summed E-state index contributed by atoms with van der Waals surface area (Å²) in [5.41, 5.74) is 6.17. The Labute approximate surface area is 626 Å². The van der Waals surface area contributed by atoms with Gasteiger partial charge < -0.3 is 59.5 Å². The minimum Gasteiger partial charge on any atom is -0.756 e. The summed E-state index contributed by atoms with van der Waals surface area (Å²) >= 11 is 0. The number of esters is 2. The zero-order valence-corrected chi connectivity index (χ0v) is 66.1. The van der Waals surface area contributed by atoms with Crippen LogP contribution in [0.2, 0.25) is 0 Å². The van der Waals surface area contributed by atoms with Crippen LogP contribution in [0.4, 0.5) is 16.2 Å². The number of hydrogen-bond acceptors (Lipinski definition) is 15. The fourth-order valence-electron chi connectivity index (χ4n) is 14.9. The molecule has 0 aliphatic carbocycles. The lowest BCUT2D eigenvalue weighted by atomic mass is 9.78.